The summed E-state index contributed by atoms with van der Waals surface area (Å²) >= 11 is 1.83. The molecule has 94 valence electrons. The Bertz CT molecular complexity index is 530. The van der Waals surface area contributed by atoms with Crippen LogP contribution in [-0.2, 0) is 14.4 Å². The van der Waals surface area contributed by atoms with Crippen molar-refractivity contribution < 1.29 is 23.6 Å². The molecule has 1 fully saturated rings. The Morgan fingerprint density at radius 3 is 2.50 bits per heavy atom. The number of amides is 2. The molecule has 5 nitrogen and oxygen atoms in total. The van der Waals surface area contributed by atoms with Crippen molar-refractivity contribution in [1.29, 1.82) is 0 Å². The molecule has 0 saturated carbocycles. The van der Waals surface area contributed by atoms with Gasteiger partial charge in [-0.25, -0.2) is 9.18 Å². The Morgan fingerprint density at radius 1 is 1.28 bits per heavy atom. The lowest BCUT2D eigenvalue weighted by Gasteiger charge is -2.13. The maximum atomic E-state index is 13.0. The average Bonchev–Trinajstić information content (AvgIpc) is 2.64. The maximum absolute atomic E-state index is 13.0. The van der Waals surface area contributed by atoms with Crippen LogP contribution in [0.15, 0.2) is 18.2 Å². The van der Waals surface area contributed by atoms with Gasteiger partial charge >= 0.3 is 5.97 Å². The topological polar surface area (TPSA) is 63.7 Å². The molecule has 2 rings (SSSR count). The highest BCUT2D eigenvalue weighted by Crippen LogP contribution is 2.18. The van der Waals surface area contributed by atoms with Gasteiger partial charge in [0.25, 0.3) is 11.8 Å². The summed E-state index contributed by atoms with van der Waals surface area (Å²) in [6.45, 7) is 0. The van der Waals surface area contributed by atoms with Crippen LogP contribution in [0.5, 0.6) is 0 Å². The lowest BCUT2D eigenvalue weighted by Crippen LogP contribution is -2.32. The summed E-state index contributed by atoms with van der Waals surface area (Å²) in [6, 6.07) is 3.60. The molecule has 0 radical (unpaired) electrons. The van der Waals surface area contributed by atoms with Gasteiger partial charge in [-0.2, -0.15) is 0 Å². The monoisotopic (exact) mass is 363 g/mol. The normalized spacial score (nSPS) is 15.1. The Morgan fingerprint density at radius 2 is 1.89 bits per heavy atom. The van der Waals surface area contributed by atoms with E-state index >= 15 is 0 Å². The second-order valence-corrected chi connectivity index (χ2v) is 4.75. The van der Waals surface area contributed by atoms with Crippen molar-refractivity contribution in [3.63, 3.8) is 0 Å². The van der Waals surface area contributed by atoms with Gasteiger partial charge < -0.3 is 4.84 Å². The summed E-state index contributed by atoms with van der Waals surface area (Å²) < 4.78 is 13.5. The van der Waals surface area contributed by atoms with Gasteiger partial charge in [-0.1, -0.05) is 0 Å². The third-order valence-electron chi connectivity index (χ3n) is 2.33. The van der Waals surface area contributed by atoms with Crippen molar-refractivity contribution in [3.05, 3.63) is 33.1 Å². The van der Waals surface area contributed by atoms with Crippen LogP contribution in [0.2, 0.25) is 0 Å². The molecule has 1 aliphatic rings. The van der Waals surface area contributed by atoms with Gasteiger partial charge in [-0.15, -0.1) is 5.06 Å². The van der Waals surface area contributed by atoms with E-state index in [4.69, 9.17) is 0 Å². The molecule has 0 N–H and O–H groups in total. The van der Waals surface area contributed by atoms with Gasteiger partial charge in [-0.05, 0) is 40.8 Å². The summed E-state index contributed by atoms with van der Waals surface area (Å²) in [7, 11) is 0. The minimum atomic E-state index is -0.928. The van der Waals surface area contributed by atoms with Crippen molar-refractivity contribution in [1.82, 2.24) is 5.06 Å². The zero-order chi connectivity index (χ0) is 13.3. The van der Waals surface area contributed by atoms with E-state index in [1.54, 1.807) is 0 Å². The first-order valence-electron chi connectivity index (χ1n) is 5.02. The van der Waals surface area contributed by atoms with Crippen molar-refractivity contribution >= 4 is 40.4 Å². The van der Waals surface area contributed by atoms with Gasteiger partial charge in [0.05, 0.1) is 5.56 Å². The molecule has 2 amide bonds. The minimum Gasteiger partial charge on any atom is -0.325 e. The van der Waals surface area contributed by atoms with Crippen molar-refractivity contribution in [3.8, 4) is 0 Å². The van der Waals surface area contributed by atoms with E-state index in [1.165, 1.54) is 12.1 Å². The van der Waals surface area contributed by atoms with Crippen LogP contribution in [0, 0.1) is 9.39 Å². The van der Waals surface area contributed by atoms with Crippen LogP contribution >= 0.6 is 22.6 Å². The van der Waals surface area contributed by atoms with Crippen LogP contribution < -0.4 is 0 Å². The summed E-state index contributed by atoms with van der Waals surface area (Å²) in [6.07, 6.45) is 0.0404. The third kappa shape index (κ3) is 2.50. The van der Waals surface area contributed by atoms with Crippen LogP contribution in [0.1, 0.15) is 23.2 Å². The van der Waals surface area contributed by atoms with E-state index < -0.39 is 23.6 Å². The number of imide groups is 1. The molecule has 1 aromatic rings. The summed E-state index contributed by atoms with van der Waals surface area (Å²) in [5.74, 6) is -2.66. The predicted octanol–water partition coefficient (Wildman–Crippen LogP) is 1.65. The highest BCUT2D eigenvalue weighted by Gasteiger charge is 2.33. The smallest absolute Gasteiger partial charge is 0.325 e. The fraction of sp³-hybridized carbons (Fsp3) is 0.182. The molecule has 0 aliphatic carbocycles. The average molecular weight is 363 g/mol. The van der Waals surface area contributed by atoms with E-state index in [-0.39, 0.29) is 18.4 Å². The van der Waals surface area contributed by atoms with Gasteiger partial charge in [-0.3, -0.25) is 9.59 Å². The van der Waals surface area contributed by atoms with Gasteiger partial charge in [0.15, 0.2) is 0 Å². The Balaban J connectivity index is 2.19. The molecule has 7 heteroatoms. The molecule has 0 unspecified atom stereocenters. The predicted molar refractivity (Wildman–Crippen MR) is 65.6 cm³/mol. The fourth-order valence-electron chi connectivity index (χ4n) is 1.44. The molecule has 1 aliphatic heterocycles. The Labute approximate surface area is 115 Å². The first kappa shape index (κ1) is 12.9. The van der Waals surface area contributed by atoms with E-state index in [0.717, 1.165) is 6.07 Å². The number of hydrogen-bond donors (Lipinski definition) is 0. The fourth-order valence-corrected chi connectivity index (χ4v) is 2.00. The molecule has 0 aromatic heterocycles. The number of halogens is 2. The van der Waals surface area contributed by atoms with E-state index in [0.29, 0.717) is 8.63 Å². The summed E-state index contributed by atoms with van der Waals surface area (Å²) in [4.78, 5) is 38.9. The third-order valence-corrected chi connectivity index (χ3v) is 3.27. The van der Waals surface area contributed by atoms with E-state index in [2.05, 4.69) is 4.84 Å². The van der Waals surface area contributed by atoms with Gasteiger partial charge in [0, 0.05) is 16.4 Å². The Hall–Kier alpha value is -1.51. The first-order chi connectivity index (χ1) is 8.49. The molecule has 1 aromatic carbocycles. The van der Waals surface area contributed by atoms with Crippen molar-refractivity contribution in [2.24, 2.45) is 0 Å². The Kier molecular flexibility index (Phi) is 3.60. The van der Waals surface area contributed by atoms with Crippen molar-refractivity contribution in [2.45, 2.75) is 12.8 Å². The second-order valence-electron chi connectivity index (χ2n) is 3.58. The van der Waals surface area contributed by atoms with Crippen molar-refractivity contribution in [2.75, 3.05) is 0 Å². The molecule has 1 heterocycles. The molecule has 1 saturated heterocycles. The van der Waals surface area contributed by atoms with Crippen LogP contribution in [0.3, 0.4) is 0 Å². The molecular formula is C11H7FINO4. The van der Waals surface area contributed by atoms with Gasteiger partial charge in [0.1, 0.15) is 5.82 Å². The quantitative estimate of drug-likeness (QED) is 0.592. The SMILES string of the molecule is O=C(ON1C(=O)CCC1=O)c1cc(F)ccc1I. The number of carbonyl (C=O) groups is 3. The van der Waals surface area contributed by atoms with E-state index in [1.807, 2.05) is 22.6 Å². The zero-order valence-electron chi connectivity index (χ0n) is 8.98. The first-order valence-corrected chi connectivity index (χ1v) is 6.10. The molecule has 18 heavy (non-hydrogen) atoms. The van der Waals surface area contributed by atoms with Crippen LogP contribution in [0.4, 0.5) is 4.39 Å². The largest absolute Gasteiger partial charge is 0.365 e. The molecule has 0 atom stereocenters. The standard InChI is InChI=1S/C11H7FINO4/c12-6-1-2-8(13)7(5-6)11(17)18-14-9(15)3-4-10(14)16/h1-2,5H,3-4H2. The van der Waals surface area contributed by atoms with Crippen LogP contribution in [0.25, 0.3) is 0 Å². The lowest BCUT2D eigenvalue weighted by molar-refractivity contribution is -0.172. The number of rotatable bonds is 2. The highest BCUT2D eigenvalue weighted by molar-refractivity contribution is 14.1. The molecule has 0 spiro atoms. The summed E-state index contributed by atoms with van der Waals surface area (Å²) in [5.41, 5.74) is -0.0249. The number of hydrogen-bond acceptors (Lipinski definition) is 4. The minimum absolute atomic E-state index is 0.0202. The highest BCUT2D eigenvalue weighted by atomic mass is 127. The maximum Gasteiger partial charge on any atom is 0.365 e. The number of carbonyl (C=O) groups excluding carboxylic acids is 3. The lowest BCUT2D eigenvalue weighted by atomic mass is 10.2. The van der Waals surface area contributed by atoms with E-state index in [9.17, 15) is 18.8 Å². The number of benzene rings is 1. The van der Waals surface area contributed by atoms with Gasteiger partial charge in [0.2, 0.25) is 0 Å². The second kappa shape index (κ2) is 5.01. The summed E-state index contributed by atoms with van der Waals surface area (Å²) in [5, 5.41) is 0.434. The van der Waals surface area contributed by atoms with Crippen LogP contribution in [-0.4, -0.2) is 22.8 Å². The number of hydroxylamine groups is 2. The molecular weight excluding hydrogens is 356 g/mol. The molecule has 0 bridgehead atoms. The zero-order valence-corrected chi connectivity index (χ0v) is 11.1. The number of nitrogens with zero attached hydrogens (tertiary/aromatic N) is 1.